The highest BCUT2D eigenvalue weighted by Crippen LogP contribution is 2.18. The zero-order valence-electron chi connectivity index (χ0n) is 14.9. The van der Waals surface area contributed by atoms with Gasteiger partial charge >= 0.3 is 0 Å². The van der Waals surface area contributed by atoms with E-state index in [1.54, 1.807) is 42.6 Å². The normalized spacial score (nSPS) is 16.2. The molecular weight excluding hydrogens is 432 g/mol. The lowest BCUT2D eigenvalue weighted by atomic mass is 10.2. The van der Waals surface area contributed by atoms with Crippen LogP contribution in [0.1, 0.15) is 5.56 Å². The Morgan fingerprint density at radius 1 is 1.11 bits per heavy atom. The average molecular weight is 453 g/mol. The van der Waals surface area contributed by atoms with Gasteiger partial charge in [0, 0.05) is 36.8 Å². The molecule has 7 nitrogen and oxygen atoms in total. The second kappa shape index (κ2) is 8.47. The van der Waals surface area contributed by atoms with Crippen molar-refractivity contribution in [2.75, 3.05) is 38.0 Å². The van der Waals surface area contributed by atoms with Gasteiger partial charge in [-0.05, 0) is 47.1 Å². The van der Waals surface area contributed by atoms with Gasteiger partial charge < -0.3 is 5.32 Å². The van der Waals surface area contributed by atoms with E-state index in [9.17, 15) is 13.2 Å². The van der Waals surface area contributed by atoms with Crippen molar-refractivity contribution in [3.05, 3.63) is 52.6 Å². The molecule has 1 N–H and O–H groups in total. The van der Waals surface area contributed by atoms with E-state index in [-0.39, 0.29) is 12.5 Å². The molecule has 1 saturated heterocycles. The molecule has 144 valence electrons. The Morgan fingerprint density at radius 2 is 1.78 bits per heavy atom. The number of nitrogens with zero attached hydrogens (tertiary/aromatic N) is 3. The third kappa shape index (κ3) is 5.13. The lowest BCUT2D eigenvalue weighted by Gasteiger charge is -2.33. The molecule has 0 radical (unpaired) electrons. The summed E-state index contributed by atoms with van der Waals surface area (Å²) < 4.78 is 27.7. The van der Waals surface area contributed by atoms with E-state index in [1.165, 1.54) is 4.31 Å². The summed E-state index contributed by atoms with van der Waals surface area (Å²) in [6, 6.07) is 10.4. The van der Waals surface area contributed by atoms with Crippen molar-refractivity contribution >= 4 is 37.7 Å². The molecule has 1 aliphatic heterocycles. The van der Waals surface area contributed by atoms with Gasteiger partial charge in [0.25, 0.3) is 0 Å². The minimum Gasteiger partial charge on any atom is -0.310 e. The summed E-state index contributed by atoms with van der Waals surface area (Å²) in [4.78, 5) is 18.5. The molecule has 0 atom stereocenters. The lowest BCUT2D eigenvalue weighted by Crippen LogP contribution is -2.50. The maximum atomic E-state index is 12.7. The highest BCUT2D eigenvalue weighted by atomic mass is 79.9. The fourth-order valence-electron chi connectivity index (χ4n) is 2.82. The number of amides is 1. The number of pyridine rings is 1. The van der Waals surface area contributed by atoms with Gasteiger partial charge in [-0.2, -0.15) is 4.31 Å². The Labute approximate surface area is 167 Å². The predicted octanol–water partition coefficient (Wildman–Crippen LogP) is 2.10. The van der Waals surface area contributed by atoms with Crippen LogP contribution in [0.25, 0.3) is 0 Å². The van der Waals surface area contributed by atoms with Crippen LogP contribution in [-0.2, 0) is 14.8 Å². The van der Waals surface area contributed by atoms with E-state index in [2.05, 4.69) is 26.2 Å². The van der Waals surface area contributed by atoms with Crippen LogP contribution >= 0.6 is 15.9 Å². The Hall–Kier alpha value is -1.81. The number of aromatic nitrogens is 1. The fourth-order valence-corrected chi connectivity index (χ4v) is 4.48. The topological polar surface area (TPSA) is 82.6 Å². The van der Waals surface area contributed by atoms with Crippen molar-refractivity contribution in [2.45, 2.75) is 11.8 Å². The van der Waals surface area contributed by atoms with E-state index in [0.717, 1.165) is 10.0 Å². The van der Waals surface area contributed by atoms with Gasteiger partial charge in [0.05, 0.1) is 11.4 Å². The third-order valence-electron chi connectivity index (χ3n) is 4.35. The second-order valence-corrected chi connectivity index (χ2v) is 9.26. The maximum Gasteiger partial charge on any atom is 0.243 e. The van der Waals surface area contributed by atoms with Gasteiger partial charge in [0.2, 0.25) is 15.9 Å². The van der Waals surface area contributed by atoms with E-state index in [1.807, 2.05) is 11.8 Å². The van der Waals surface area contributed by atoms with Crippen molar-refractivity contribution in [2.24, 2.45) is 0 Å². The predicted molar refractivity (Wildman–Crippen MR) is 107 cm³/mol. The Morgan fingerprint density at radius 3 is 2.37 bits per heavy atom. The monoisotopic (exact) mass is 452 g/mol. The summed E-state index contributed by atoms with van der Waals surface area (Å²) in [7, 11) is -3.49. The van der Waals surface area contributed by atoms with Crippen LogP contribution < -0.4 is 5.32 Å². The summed E-state index contributed by atoms with van der Waals surface area (Å²) in [6.45, 7) is 3.86. The van der Waals surface area contributed by atoms with Crippen molar-refractivity contribution in [3.8, 4) is 0 Å². The number of piperazine rings is 1. The summed E-state index contributed by atoms with van der Waals surface area (Å²) >= 11 is 3.30. The number of carbonyl (C=O) groups excluding carboxylic acids is 1. The number of hydrogen-bond donors (Lipinski definition) is 1. The van der Waals surface area contributed by atoms with Gasteiger partial charge in [-0.1, -0.05) is 17.7 Å². The quantitative estimate of drug-likeness (QED) is 0.750. The first-order valence-electron chi connectivity index (χ1n) is 8.55. The molecule has 0 bridgehead atoms. The standard InChI is InChI=1S/C18H21BrN4O3S/c1-14-2-5-16(6-3-14)27(25,26)23-10-8-22(9-11-23)13-18(24)21-17-7-4-15(19)12-20-17/h2-7,12H,8-11,13H2,1H3,(H,20,21,24). The minimum atomic E-state index is -3.49. The first-order valence-corrected chi connectivity index (χ1v) is 10.8. The van der Waals surface area contributed by atoms with Crippen molar-refractivity contribution in [3.63, 3.8) is 0 Å². The Bertz CT molecular complexity index is 893. The van der Waals surface area contributed by atoms with Crippen LogP contribution in [0.3, 0.4) is 0 Å². The van der Waals surface area contributed by atoms with Crippen molar-refractivity contribution in [1.82, 2.24) is 14.2 Å². The molecule has 0 spiro atoms. The number of sulfonamides is 1. The van der Waals surface area contributed by atoms with Crippen molar-refractivity contribution < 1.29 is 13.2 Å². The van der Waals surface area contributed by atoms with Gasteiger partial charge in [0.1, 0.15) is 5.82 Å². The maximum absolute atomic E-state index is 12.7. The van der Waals surface area contributed by atoms with E-state index in [4.69, 9.17) is 0 Å². The molecule has 2 aromatic rings. The first kappa shape index (κ1) is 19.9. The van der Waals surface area contributed by atoms with Crippen LogP contribution in [0.15, 0.2) is 52.0 Å². The number of rotatable bonds is 5. The number of aryl methyl sites for hydroxylation is 1. The molecular formula is C18H21BrN4O3S. The largest absolute Gasteiger partial charge is 0.310 e. The molecule has 1 amide bonds. The number of halogens is 1. The van der Waals surface area contributed by atoms with Crippen LogP contribution in [0.4, 0.5) is 5.82 Å². The molecule has 1 aromatic carbocycles. The number of carbonyl (C=O) groups is 1. The number of benzene rings is 1. The van der Waals surface area contributed by atoms with Gasteiger partial charge in [-0.25, -0.2) is 13.4 Å². The molecule has 9 heteroatoms. The molecule has 3 rings (SSSR count). The van der Waals surface area contributed by atoms with Gasteiger partial charge in [-0.15, -0.1) is 0 Å². The van der Waals surface area contributed by atoms with E-state index < -0.39 is 10.0 Å². The first-order chi connectivity index (χ1) is 12.8. The molecule has 1 aromatic heterocycles. The zero-order valence-corrected chi connectivity index (χ0v) is 17.3. The molecule has 0 saturated carbocycles. The van der Waals surface area contributed by atoms with Gasteiger partial charge in [0.15, 0.2) is 0 Å². The summed E-state index contributed by atoms with van der Waals surface area (Å²) in [5.41, 5.74) is 1.02. The summed E-state index contributed by atoms with van der Waals surface area (Å²) in [6.07, 6.45) is 1.62. The third-order valence-corrected chi connectivity index (χ3v) is 6.73. The summed E-state index contributed by atoms with van der Waals surface area (Å²) in [5.74, 6) is 0.323. The molecule has 27 heavy (non-hydrogen) atoms. The molecule has 1 aliphatic rings. The highest BCUT2D eigenvalue weighted by molar-refractivity contribution is 9.10. The molecule has 0 unspecified atom stereocenters. The smallest absolute Gasteiger partial charge is 0.243 e. The highest BCUT2D eigenvalue weighted by Gasteiger charge is 2.29. The average Bonchev–Trinajstić information content (AvgIpc) is 2.64. The fraction of sp³-hybridized carbons (Fsp3) is 0.333. The van der Waals surface area contributed by atoms with Crippen LogP contribution in [0.2, 0.25) is 0 Å². The number of anilines is 1. The van der Waals surface area contributed by atoms with Crippen LogP contribution in [-0.4, -0.2) is 61.2 Å². The van der Waals surface area contributed by atoms with E-state index in [0.29, 0.717) is 36.9 Å². The van der Waals surface area contributed by atoms with Gasteiger partial charge in [-0.3, -0.25) is 9.69 Å². The lowest BCUT2D eigenvalue weighted by molar-refractivity contribution is -0.117. The molecule has 0 aliphatic carbocycles. The Kier molecular flexibility index (Phi) is 6.25. The number of nitrogens with one attached hydrogen (secondary N) is 1. The summed E-state index contributed by atoms with van der Waals surface area (Å²) in [5, 5.41) is 2.74. The minimum absolute atomic E-state index is 0.167. The van der Waals surface area contributed by atoms with E-state index >= 15 is 0 Å². The van der Waals surface area contributed by atoms with Crippen LogP contribution in [0, 0.1) is 6.92 Å². The molecule has 1 fully saturated rings. The van der Waals surface area contributed by atoms with Crippen molar-refractivity contribution in [1.29, 1.82) is 0 Å². The Balaban J connectivity index is 1.53. The molecule has 2 heterocycles. The SMILES string of the molecule is Cc1ccc(S(=O)(=O)N2CCN(CC(=O)Nc3ccc(Br)cn3)CC2)cc1. The second-order valence-electron chi connectivity index (χ2n) is 6.40. The number of hydrogen-bond acceptors (Lipinski definition) is 5. The zero-order chi connectivity index (χ0) is 19.4. The van der Waals surface area contributed by atoms with Crippen LogP contribution in [0.5, 0.6) is 0 Å².